The zero-order valence-corrected chi connectivity index (χ0v) is 17.5. The van der Waals surface area contributed by atoms with Crippen molar-refractivity contribution in [2.75, 3.05) is 13.1 Å². The molecular formula is C23H28FN3O3. The molecule has 2 aromatic rings. The van der Waals surface area contributed by atoms with Gasteiger partial charge in [0.05, 0.1) is 0 Å². The van der Waals surface area contributed by atoms with Crippen LogP contribution in [0, 0.1) is 18.7 Å². The predicted molar refractivity (Wildman–Crippen MR) is 113 cm³/mol. The lowest BCUT2D eigenvalue weighted by Crippen LogP contribution is -2.43. The Morgan fingerprint density at radius 1 is 0.967 bits per heavy atom. The van der Waals surface area contributed by atoms with Gasteiger partial charge in [-0.15, -0.1) is 0 Å². The Morgan fingerprint density at radius 3 is 2.27 bits per heavy atom. The van der Waals surface area contributed by atoms with Gasteiger partial charge < -0.3 is 16.0 Å². The maximum absolute atomic E-state index is 13.6. The van der Waals surface area contributed by atoms with E-state index in [1.807, 2.05) is 19.9 Å². The Morgan fingerprint density at radius 2 is 1.63 bits per heavy atom. The molecule has 1 atom stereocenters. The minimum absolute atomic E-state index is 0.168. The van der Waals surface area contributed by atoms with E-state index in [2.05, 4.69) is 16.0 Å². The van der Waals surface area contributed by atoms with Crippen molar-refractivity contribution in [1.82, 2.24) is 16.0 Å². The summed E-state index contributed by atoms with van der Waals surface area (Å²) < 4.78 is 13.6. The molecule has 0 radical (unpaired) electrons. The standard InChI is InChI=1S/C23H28FN3O3/c1-15(2)13-20(28)27-21(17-7-5-4-6-8-17)23(30)26-12-11-25-22(29)18-10-9-16(3)19(24)14-18/h4-10,14-15,21H,11-13H2,1-3H3,(H,25,29)(H,26,30)(H,27,28). The third kappa shape index (κ3) is 6.99. The van der Waals surface area contributed by atoms with Crippen molar-refractivity contribution in [2.45, 2.75) is 33.2 Å². The molecule has 2 rings (SSSR count). The maximum atomic E-state index is 13.6. The number of halogens is 1. The highest BCUT2D eigenvalue weighted by Gasteiger charge is 2.22. The fraction of sp³-hybridized carbons (Fsp3) is 0.348. The monoisotopic (exact) mass is 413 g/mol. The molecule has 0 fully saturated rings. The molecular weight excluding hydrogens is 385 g/mol. The maximum Gasteiger partial charge on any atom is 0.251 e. The quantitative estimate of drug-likeness (QED) is 0.553. The molecule has 0 aromatic heterocycles. The largest absolute Gasteiger partial charge is 0.352 e. The van der Waals surface area contributed by atoms with E-state index in [1.165, 1.54) is 12.1 Å². The van der Waals surface area contributed by atoms with E-state index < -0.39 is 17.8 Å². The Kier molecular flexibility index (Phi) is 8.53. The van der Waals surface area contributed by atoms with E-state index >= 15 is 0 Å². The molecule has 7 heteroatoms. The van der Waals surface area contributed by atoms with Gasteiger partial charge in [0.1, 0.15) is 11.9 Å². The summed E-state index contributed by atoms with van der Waals surface area (Å²) in [6.45, 7) is 5.82. The molecule has 30 heavy (non-hydrogen) atoms. The molecule has 0 heterocycles. The summed E-state index contributed by atoms with van der Waals surface area (Å²) in [5, 5.41) is 8.14. The van der Waals surface area contributed by atoms with Crippen LogP contribution in [-0.4, -0.2) is 30.8 Å². The summed E-state index contributed by atoms with van der Waals surface area (Å²) in [5.74, 6) is -1.27. The van der Waals surface area contributed by atoms with Crippen molar-refractivity contribution in [3.63, 3.8) is 0 Å². The van der Waals surface area contributed by atoms with Crippen LogP contribution in [0.15, 0.2) is 48.5 Å². The number of nitrogens with one attached hydrogen (secondary N) is 3. The summed E-state index contributed by atoms with van der Waals surface area (Å²) in [5.41, 5.74) is 1.35. The summed E-state index contributed by atoms with van der Waals surface area (Å²) in [4.78, 5) is 37.0. The van der Waals surface area contributed by atoms with Gasteiger partial charge in [-0.3, -0.25) is 14.4 Å². The number of hydrogen-bond acceptors (Lipinski definition) is 3. The smallest absolute Gasteiger partial charge is 0.251 e. The van der Waals surface area contributed by atoms with Crippen molar-refractivity contribution in [2.24, 2.45) is 5.92 Å². The van der Waals surface area contributed by atoms with Crippen molar-refractivity contribution in [1.29, 1.82) is 0 Å². The average Bonchev–Trinajstić information content (AvgIpc) is 2.71. The minimum atomic E-state index is -0.820. The second-order valence-corrected chi connectivity index (χ2v) is 7.52. The molecule has 3 N–H and O–H groups in total. The molecule has 0 aliphatic carbocycles. The number of amides is 3. The lowest BCUT2D eigenvalue weighted by Gasteiger charge is -2.19. The first-order chi connectivity index (χ1) is 14.3. The SMILES string of the molecule is Cc1ccc(C(=O)NCCNC(=O)C(NC(=O)CC(C)C)c2ccccc2)cc1F. The van der Waals surface area contributed by atoms with E-state index in [0.717, 1.165) is 0 Å². The number of benzene rings is 2. The van der Waals surface area contributed by atoms with E-state index in [9.17, 15) is 18.8 Å². The molecule has 0 saturated heterocycles. The van der Waals surface area contributed by atoms with Gasteiger partial charge in [0.15, 0.2) is 0 Å². The molecule has 160 valence electrons. The first kappa shape index (κ1) is 23.1. The van der Waals surface area contributed by atoms with Gasteiger partial charge in [0.25, 0.3) is 5.91 Å². The average molecular weight is 413 g/mol. The zero-order chi connectivity index (χ0) is 22.1. The Labute approximate surface area is 176 Å². The Bertz CT molecular complexity index is 885. The van der Waals surface area contributed by atoms with Gasteiger partial charge >= 0.3 is 0 Å². The highest BCUT2D eigenvalue weighted by atomic mass is 19.1. The van der Waals surface area contributed by atoms with Crippen LogP contribution in [-0.2, 0) is 9.59 Å². The highest BCUT2D eigenvalue weighted by Crippen LogP contribution is 2.14. The van der Waals surface area contributed by atoms with E-state index in [1.54, 1.807) is 37.3 Å². The molecule has 0 aliphatic rings. The van der Waals surface area contributed by atoms with Gasteiger partial charge in [-0.1, -0.05) is 50.2 Å². The minimum Gasteiger partial charge on any atom is -0.352 e. The van der Waals surface area contributed by atoms with Crippen LogP contribution in [0.4, 0.5) is 4.39 Å². The lowest BCUT2D eigenvalue weighted by atomic mass is 10.0. The first-order valence-electron chi connectivity index (χ1n) is 9.94. The number of rotatable bonds is 9. The fourth-order valence-electron chi connectivity index (χ4n) is 2.84. The van der Waals surface area contributed by atoms with E-state index in [0.29, 0.717) is 17.5 Å². The number of aryl methyl sites for hydroxylation is 1. The normalized spacial score (nSPS) is 11.6. The molecule has 0 bridgehead atoms. The van der Waals surface area contributed by atoms with Crippen LogP contribution in [0.3, 0.4) is 0 Å². The van der Waals surface area contributed by atoms with Gasteiger partial charge in [-0.2, -0.15) is 0 Å². The van der Waals surface area contributed by atoms with Crippen molar-refractivity contribution in [3.8, 4) is 0 Å². The van der Waals surface area contributed by atoms with Gasteiger partial charge in [0.2, 0.25) is 11.8 Å². The van der Waals surface area contributed by atoms with E-state index in [-0.39, 0.29) is 36.4 Å². The molecule has 0 saturated carbocycles. The Balaban J connectivity index is 1.91. The van der Waals surface area contributed by atoms with Crippen LogP contribution in [0.25, 0.3) is 0 Å². The van der Waals surface area contributed by atoms with Crippen molar-refractivity contribution >= 4 is 17.7 Å². The molecule has 3 amide bonds. The number of carbonyl (C=O) groups is 3. The summed E-state index contributed by atoms with van der Waals surface area (Å²) in [7, 11) is 0. The fourth-order valence-corrected chi connectivity index (χ4v) is 2.84. The van der Waals surface area contributed by atoms with Crippen LogP contribution in [0.5, 0.6) is 0 Å². The number of carbonyl (C=O) groups excluding carboxylic acids is 3. The first-order valence-corrected chi connectivity index (χ1v) is 9.94. The summed E-state index contributed by atoms with van der Waals surface area (Å²) in [6.07, 6.45) is 0.319. The van der Waals surface area contributed by atoms with Crippen LogP contribution >= 0.6 is 0 Å². The molecule has 0 aliphatic heterocycles. The predicted octanol–water partition coefficient (Wildman–Crippen LogP) is 2.88. The highest BCUT2D eigenvalue weighted by molar-refractivity contribution is 5.94. The summed E-state index contributed by atoms with van der Waals surface area (Å²) in [6, 6.07) is 12.4. The number of hydrogen-bond donors (Lipinski definition) is 3. The molecule has 0 spiro atoms. The third-order valence-corrected chi connectivity index (χ3v) is 4.44. The van der Waals surface area contributed by atoms with E-state index in [4.69, 9.17) is 0 Å². The zero-order valence-electron chi connectivity index (χ0n) is 17.5. The van der Waals surface area contributed by atoms with Crippen LogP contribution < -0.4 is 16.0 Å². The second-order valence-electron chi connectivity index (χ2n) is 7.52. The molecule has 1 unspecified atom stereocenters. The topological polar surface area (TPSA) is 87.3 Å². The van der Waals surface area contributed by atoms with Crippen molar-refractivity contribution in [3.05, 3.63) is 71.0 Å². The van der Waals surface area contributed by atoms with Crippen molar-refractivity contribution < 1.29 is 18.8 Å². The molecule has 2 aromatic carbocycles. The van der Waals surface area contributed by atoms with Crippen LogP contribution in [0.2, 0.25) is 0 Å². The summed E-state index contributed by atoms with van der Waals surface area (Å²) >= 11 is 0. The lowest BCUT2D eigenvalue weighted by molar-refractivity contribution is -0.129. The molecule has 6 nitrogen and oxygen atoms in total. The third-order valence-electron chi connectivity index (χ3n) is 4.44. The second kappa shape index (κ2) is 11.1. The van der Waals surface area contributed by atoms with Crippen LogP contribution in [0.1, 0.15) is 47.8 Å². The van der Waals surface area contributed by atoms with Gasteiger partial charge in [0, 0.05) is 25.1 Å². The Hall–Kier alpha value is -3.22. The van der Waals surface area contributed by atoms with Gasteiger partial charge in [-0.05, 0) is 36.1 Å². The van der Waals surface area contributed by atoms with Gasteiger partial charge in [-0.25, -0.2) is 4.39 Å².